The first-order valence-electron chi connectivity index (χ1n) is 9.11. The fourth-order valence-electron chi connectivity index (χ4n) is 2.81. The van der Waals surface area contributed by atoms with Gasteiger partial charge in [0.05, 0.1) is 6.33 Å². The Bertz CT molecular complexity index is 890. The van der Waals surface area contributed by atoms with Crippen molar-refractivity contribution in [1.29, 1.82) is 0 Å². The van der Waals surface area contributed by atoms with E-state index in [4.69, 9.17) is 0 Å². The first-order valence-corrected chi connectivity index (χ1v) is 10.1. The summed E-state index contributed by atoms with van der Waals surface area (Å²) in [5, 5.41) is 3.05. The summed E-state index contributed by atoms with van der Waals surface area (Å²) >= 11 is 1.73. The minimum atomic E-state index is 0.0868. The average molecular weight is 380 g/mol. The van der Waals surface area contributed by atoms with Crippen molar-refractivity contribution in [1.82, 2.24) is 14.9 Å². The molecule has 1 aromatic heterocycles. The number of imidazole rings is 1. The van der Waals surface area contributed by atoms with Crippen molar-refractivity contribution in [3.8, 4) is 0 Å². The van der Waals surface area contributed by atoms with E-state index in [0.717, 1.165) is 17.9 Å². The largest absolute Gasteiger partial charge is 0.352 e. The molecule has 0 aliphatic heterocycles. The number of rotatable bonds is 8. The van der Waals surface area contributed by atoms with E-state index in [-0.39, 0.29) is 5.91 Å². The summed E-state index contributed by atoms with van der Waals surface area (Å²) in [4.78, 5) is 17.5. The van der Waals surface area contributed by atoms with Crippen LogP contribution < -0.4 is 5.32 Å². The Labute approximate surface area is 165 Å². The van der Waals surface area contributed by atoms with E-state index in [1.165, 1.54) is 21.6 Å². The molecule has 0 radical (unpaired) electrons. The highest BCUT2D eigenvalue weighted by atomic mass is 32.2. The van der Waals surface area contributed by atoms with Gasteiger partial charge in [-0.2, -0.15) is 0 Å². The molecule has 27 heavy (non-hydrogen) atoms. The van der Waals surface area contributed by atoms with Crippen LogP contribution in [0.15, 0.2) is 66.1 Å². The highest BCUT2D eigenvalue weighted by molar-refractivity contribution is 7.99. The molecule has 0 spiro atoms. The molecule has 3 aromatic rings. The summed E-state index contributed by atoms with van der Waals surface area (Å²) in [7, 11) is 0. The molecular formula is C22H25N3OS. The van der Waals surface area contributed by atoms with Crippen molar-refractivity contribution >= 4 is 17.7 Å². The summed E-state index contributed by atoms with van der Waals surface area (Å²) in [5.41, 5.74) is 4.92. The maximum atomic E-state index is 12.2. The highest BCUT2D eigenvalue weighted by Crippen LogP contribution is 2.21. The number of hydrogen-bond acceptors (Lipinski definition) is 3. The van der Waals surface area contributed by atoms with Crippen molar-refractivity contribution in [2.75, 3.05) is 5.75 Å². The predicted octanol–water partition coefficient (Wildman–Crippen LogP) is 4.35. The number of carbonyl (C=O) groups is 1. The van der Waals surface area contributed by atoms with Gasteiger partial charge in [0.25, 0.3) is 0 Å². The van der Waals surface area contributed by atoms with E-state index in [2.05, 4.69) is 54.5 Å². The fraction of sp³-hybridized carbons (Fsp3) is 0.273. The van der Waals surface area contributed by atoms with Crippen LogP contribution in [-0.4, -0.2) is 21.2 Å². The molecule has 0 saturated carbocycles. The molecule has 0 unspecified atom stereocenters. The number of amides is 1. The Morgan fingerprint density at radius 3 is 2.67 bits per heavy atom. The zero-order valence-electron chi connectivity index (χ0n) is 15.8. The third-order valence-electron chi connectivity index (χ3n) is 4.58. The number of thioether (sulfide) groups is 1. The van der Waals surface area contributed by atoms with Crippen LogP contribution in [0.3, 0.4) is 0 Å². The molecule has 0 aliphatic carbocycles. The lowest BCUT2D eigenvalue weighted by Gasteiger charge is -2.11. The van der Waals surface area contributed by atoms with Crippen molar-refractivity contribution in [3.63, 3.8) is 0 Å². The van der Waals surface area contributed by atoms with Crippen LogP contribution in [0.25, 0.3) is 0 Å². The molecule has 140 valence electrons. The summed E-state index contributed by atoms with van der Waals surface area (Å²) in [6.07, 6.45) is 6.04. The summed E-state index contributed by atoms with van der Waals surface area (Å²) < 4.78 is 2.03. The average Bonchev–Trinajstić information content (AvgIpc) is 3.17. The van der Waals surface area contributed by atoms with E-state index in [0.29, 0.717) is 13.0 Å². The molecule has 1 amide bonds. The number of hydrogen-bond donors (Lipinski definition) is 1. The van der Waals surface area contributed by atoms with Crippen molar-refractivity contribution in [2.45, 2.75) is 38.3 Å². The normalized spacial score (nSPS) is 10.7. The first-order chi connectivity index (χ1) is 13.1. The van der Waals surface area contributed by atoms with Gasteiger partial charge in [0.2, 0.25) is 5.91 Å². The molecular weight excluding hydrogens is 354 g/mol. The van der Waals surface area contributed by atoms with Gasteiger partial charge >= 0.3 is 0 Å². The SMILES string of the molecule is Cc1ccc(SCCC(=O)NCc2ccccc2Cn2ccnc2)cc1C. The number of nitrogens with zero attached hydrogens (tertiary/aromatic N) is 2. The molecule has 0 bridgehead atoms. The Kier molecular flexibility index (Phi) is 6.71. The van der Waals surface area contributed by atoms with Crippen molar-refractivity contribution < 1.29 is 4.79 Å². The highest BCUT2D eigenvalue weighted by Gasteiger charge is 2.06. The van der Waals surface area contributed by atoms with E-state index in [1.54, 1.807) is 24.3 Å². The van der Waals surface area contributed by atoms with Crippen LogP contribution in [-0.2, 0) is 17.9 Å². The minimum absolute atomic E-state index is 0.0868. The van der Waals surface area contributed by atoms with Gasteiger partial charge in [-0.15, -0.1) is 11.8 Å². The second-order valence-corrected chi connectivity index (χ2v) is 7.79. The third kappa shape index (κ3) is 5.73. The molecule has 0 atom stereocenters. The van der Waals surface area contributed by atoms with Crippen LogP contribution in [0.1, 0.15) is 28.7 Å². The standard InChI is InChI=1S/C22H25N3OS/c1-17-7-8-21(13-18(17)2)27-12-9-22(26)24-14-19-5-3-4-6-20(19)15-25-11-10-23-16-25/h3-8,10-11,13,16H,9,12,14-15H2,1-2H3,(H,24,26). The second-order valence-electron chi connectivity index (χ2n) is 6.62. The van der Waals surface area contributed by atoms with E-state index < -0.39 is 0 Å². The Morgan fingerprint density at radius 2 is 1.93 bits per heavy atom. The smallest absolute Gasteiger partial charge is 0.221 e. The zero-order valence-corrected chi connectivity index (χ0v) is 16.6. The molecule has 3 rings (SSSR count). The van der Waals surface area contributed by atoms with Gasteiger partial charge in [-0.25, -0.2) is 4.98 Å². The van der Waals surface area contributed by atoms with Gasteiger partial charge in [-0.1, -0.05) is 30.3 Å². The van der Waals surface area contributed by atoms with Crippen LogP contribution in [0.4, 0.5) is 0 Å². The zero-order chi connectivity index (χ0) is 19.1. The van der Waals surface area contributed by atoms with E-state index in [1.807, 2.05) is 22.9 Å². The Balaban J connectivity index is 1.47. The molecule has 1 N–H and O–H groups in total. The van der Waals surface area contributed by atoms with Gasteiger partial charge in [-0.05, 0) is 48.2 Å². The lowest BCUT2D eigenvalue weighted by atomic mass is 10.1. The predicted molar refractivity (Wildman–Crippen MR) is 111 cm³/mol. The number of carbonyl (C=O) groups excluding carboxylic acids is 1. The molecule has 0 saturated heterocycles. The van der Waals surface area contributed by atoms with Crippen molar-refractivity contribution in [2.24, 2.45) is 0 Å². The van der Waals surface area contributed by atoms with E-state index >= 15 is 0 Å². The summed E-state index contributed by atoms with van der Waals surface area (Å²) in [6.45, 7) is 5.54. The quantitative estimate of drug-likeness (QED) is 0.592. The van der Waals surface area contributed by atoms with Gasteiger partial charge in [0.15, 0.2) is 0 Å². The molecule has 1 heterocycles. The first kappa shape index (κ1) is 19.2. The van der Waals surface area contributed by atoms with Crippen LogP contribution in [0.2, 0.25) is 0 Å². The number of aryl methyl sites for hydroxylation is 2. The fourth-order valence-corrected chi connectivity index (χ4v) is 3.76. The van der Waals surface area contributed by atoms with Crippen LogP contribution >= 0.6 is 11.8 Å². The number of aromatic nitrogens is 2. The summed E-state index contributed by atoms with van der Waals surface area (Å²) in [5.74, 6) is 0.870. The number of benzene rings is 2. The lowest BCUT2D eigenvalue weighted by molar-refractivity contribution is -0.120. The molecule has 2 aromatic carbocycles. The monoisotopic (exact) mass is 379 g/mol. The van der Waals surface area contributed by atoms with Crippen LogP contribution in [0, 0.1) is 13.8 Å². The van der Waals surface area contributed by atoms with Gasteiger partial charge in [-0.3, -0.25) is 4.79 Å². The molecule has 5 heteroatoms. The minimum Gasteiger partial charge on any atom is -0.352 e. The molecule has 0 aliphatic rings. The second kappa shape index (κ2) is 9.42. The van der Waals surface area contributed by atoms with Gasteiger partial charge in [0.1, 0.15) is 0 Å². The van der Waals surface area contributed by atoms with Gasteiger partial charge in [0, 0.05) is 42.6 Å². The maximum Gasteiger partial charge on any atom is 0.221 e. The maximum absolute atomic E-state index is 12.2. The number of nitrogens with one attached hydrogen (secondary N) is 1. The third-order valence-corrected chi connectivity index (χ3v) is 5.58. The van der Waals surface area contributed by atoms with E-state index in [9.17, 15) is 4.79 Å². The Hall–Kier alpha value is -2.53. The Morgan fingerprint density at radius 1 is 1.11 bits per heavy atom. The van der Waals surface area contributed by atoms with Crippen molar-refractivity contribution in [3.05, 3.63) is 83.4 Å². The molecule has 0 fully saturated rings. The topological polar surface area (TPSA) is 46.9 Å². The van der Waals surface area contributed by atoms with Gasteiger partial charge < -0.3 is 9.88 Å². The summed E-state index contributed by atoms with van der Waals surface area (Å²) in [6, 6.07) is 14.6. The lowest BCUT2D eigenvalue weighted by Crippen LogP contribution is -2.23. The molecule has 4 nitrogen and oxygen atoms in total. The van der Waals surface area contributed by atoms with Crippen LogP contribution in [0.5, 0.6) is 0 Å².